The van der Waals surface area contributed by atoms with Crippen molar-refractivity contribution in [2.24, 2.45) is 0 Å². The summed E-state index contributed by atoms with van der Waals surface area (Å²) < 4.78 is 0. The molecule has 0 atom stereocenters. The lowest BCUT2D eigenvalue weighted by molar-refractivity contribution is 1.31. The summed E-state index contributed by atoms with van der Waals surface area (Å²) in [5.74, 6) is 0.640. The van der Waals surface area contributed by atoms with Crippen molar-refractivity contribution in [3.05, 3.63) is 52.1 Å². The number of benzene rings is 1. The first-order valence-corrected chi connectivity index (χ1v) is 5.53. The van der Waals surface area contributed by atoms with Gasteiger partial charge in [0, 0.05) is 6.20 Å². The van der Waals surface area contributed by atoms with Crippen molar-refractivity contribution in [1.82, 2.24) is 4.98 Å². The zero-order valence-electron chi connectivity index (χ0n) is 8.61. The fourth-order valence-electron chi connectivity index (χ4n) is 1.27. The first-order chi connectivity index (χ1) is 8.19. The third kappa shape index (κ3) is 2.88. The molecular formula is C12H7Cl2N3. The van der Waals surface area contributed by atoms with Gasteiger partial charge in [-0.2, -0.15) is 5.26 Å². The molecule has 2 aromatic rings. The third-order valence-corrected chi connectivity index (χ3v) is 2.62. The summed E-state index contributed by atoms with van der Waals surface area (Å²) in [6.07, 6.45) is 1.54. The summed E-state index contributed by atoms with van der Waals surface area (Å²) >= 11 is 11.8. The van der Waals surface area contributed by atoms with E-state index in [1.165, 1.54) is 0 Å². The van der Waals surface area contributed by atoms with Gasteiger partial charge in [0.1, 0.15) is 5.82 Å². The van der Waals surface area contributed by atoms with Gasteiger partial charge in [0.15, 0.2) is 0 Å². The van der Waals surface area contributed by atoms with E-state index in [4.69, 9.17) is 28.5 Å². The minimum atomic E-state index is 0.473. The van der Waals surface area contributed by atoms with Crippen LogP contribution in [0.2, 0.25) is 10.0 Å². The molecule has 5 heteroatoms. The van der Waals surface area contributed by atoms with Crippen molar-refractivity contribution in [3.63, 3.8) is 0 Å². The Balaban J connectivity index is 2.25. The van der Waals surface area contributed by atoms with Crippen LogP contribution in [0.4, 0.5) is 11.5 Å². The van der Waals surface area contributed by atoms with Crippen LogP contribution in [0.15, 0.2) is 36.5 Å². The van der Waals surface area contributed by atoms with Gasteiger partial charge in [-0.05, 0) is 30.3 Å². The van der Waals surface area contributed by atoms with Gasteiger partial charge in [0.05, 0.1) is 27.4 Å². The molecular weight excluding hydrogens is 257 g/mol. The van der Waals surface area contributed by atoms with E-state index < -0.39 is 0 Å². The van der Waals surface area contributed by atoms with E-state index in [1.54, 1.807) is 36.5 Å². The average Bonchev–Trinajstić information content (AvgIpc) is 2.34. The van der Waals surface area contributed by atoms with Crippen LogP contribution in [0, 0.1) is 11.3 Å². The van der Waals surface area contributed by atoms with Gasteiger partial charge in [-0.15, -0.1) is 0 Å². The summed E-state index contributed by atoms with van der Waals surface area (Å²) in [5.41, 5.74) is 1.21. The van der Waals surface area contributed by atoms with Gasteiger partial charge in [0.25, 0.3) is 0 Å². The van der Waals surface area contributed by atoms with Crippen LogP contribution in [-0.4, -0.2) is 4.98 Å². The maximum absolute atomic E-state index is 8.72. The number of rotatable bonds is 2. The molecule has 3 nitrogen and oxygen atoms in total. The van der Waals surface area contributed by atoms with Crippen molar-refractivity contribution in [1.29, 1.82) is 5.26 Å². The minimum absolute atomic E-state index is 0.473. The number of anilines is 2. The Morgan fingerprint density at radius 2 is 2.00 bits per heavy atom. The molecule has 2 rings (SSSR count). The smallest absolute Gasteiger partial charge is 0.130 e. The first kappa shape index (κ1) is 11.7. The molecule has 0 bridgehead atoms. The Labute approximate surface area is 109 Å². The van der Waals surface area contributed by atoms with E-state index in [0.717, 1.165) is 0 Å². The van der Waals surface area contributed by atoms with Crippen LogP contribution in [0.1, 0.15) is 5.56 Å². The molecule has 17 heavy (non-hydrogen) atoms. The zero-order valence-corrected chi connectivity index (χ0v) is 10.1. The molecule has 1 aromatic heterocycles. The topological polar surface area (TPSA) is 48.7 Å². The van der Waals surface area contributed by atoms with Crippen LogP contribution >= 0.6 is 23.2 Å². The van der Waals surface area contributed by atoms with Crippen LogP contribution < -0.4 is 5.32 Å². The Morgan fingerprint density at radius 3 is 2.59 bits per heavy atom. The quantitative estimate of drug-likeness (QED) is 0.891. The van der Waals surface area contributed by atoms with Crippen LogP contribution in [0.3, 0.4) is 0 Å². The number of nitrogens with zero attached hydrogens (tertiary/aromatic N) is 2. The molecule has 84 valence electrons. The van der Waals surface area contributed by atoms with Gasteiger partial charge in [-0.1, -0.05) is 23.2 Å². The monoisotopic (exact) mass is 263 g/mol. The summed E-state index contributed by atoms with van der Waals surface area (Å²) in [5, 5.41) is 12.8. The van der Waals surface area contributed by atoms with Crippen molar-refractivity contribution in [3.8, 4) is 6.07 Å². The largest absolute Gasteiger partial charge is 0.339 e. The lowest BCUT2D eigenvalue weighted by atomic mass is 10.2. The van der Waals surface area contributed by atoms with Gasteiger partial charge < -0.3 is 5.32 Å². The van der Waals surface area contributed by atoms with E-state index in [2.05, 4.69) is 10.3 Å². The normalized spacial score (nSPS) is 9.71. The predicted octanol–water partition coefficient (Wildman–Crippen LogP) is 4.00. The number of pyridine rings is 1. The minimum Gasteiger partial charge on any atom is -0.339 e. The van der Waals surface area contributed by atoms with E-state index in [-0.39, 0.29) is 0 Å². The molecule has 0 amide bonds. The van der Waals surface area contributed by atoms with Gasteiger partial charge in [-0.25, -0.2) is 4.98 Å². The summed E-state index contributed by atoms with van der Waals surface area (Å²) in [6.45, 7) is 0. The highest BCUT2D eigenvalue weighted by molar-refractivity contribution is 6.33. The van der Waals surface area contributed by atoms with Crippen molar-refractivity contribution >= 4 is 34.7 Å². The molecule has 1 aromatic carbocycles. The molecule has 0 saturated heterocycles. The fourth-order valence-corrected chi connectivity index (χ4v) is 1.61. The first-order valence-electron chi connectivity index (χ1n) is 4.77. The number of aromatic nitrogens is 1. The molecule has 0 spiro atoms. The molecule has 1 N–H and O–H groups in total. The molecule has 0 radical (unpaired) electrons. The summed E-state index contributed by atoms with van der Waals surface area (Å²) in [7, 11) is 0. The van der Waals surface area contributed by atoms with Gasteiger partial charge in [-0.3, -0.25) is 0 Å². The van der Waals surface area contributed by atoms with E-state index in [0.29, 0.717) is 27.1 Å². The highest BCUT2D eigenvalue weighted by Crippen LogP contribution is 2.25. The highest BCUT2D eigenvalue weighted by Gasteiger charge is 2.02. The lowest BCUT2D eigenvalue weighted by Crippen LogP contribution is -1.93. The second-order valence-corrected chi connectivity index (χ2v) is 4.14. The Kier molecular flexibility index (Phi) is 3.48. The fraction of sp³-hybridized carbons (Fsp3) is 0. The predicted molar refractivity (Wildman–Crippen MR) is 68.7 cm³/mol. The molecule has 0 aliphatic carbocycles. The van der Waals surface area contributed by atoms with Crippen LogP contribution in [-0.2, 0) is 0 Å². The summed E-state index contributed by atoms with van der Waals surface area (Å²) in [4.78, 5) is 4.09. The maximum Gasteiger partial charge on any atom is 0.130 e. The number of nitrogens with one attached hydrogen (secondary N) is 1. The van der Waals surface area contributed by atoms with Crippen molar-refractivity contribution < 1.29 is 0 Å². The van der Waals surface area contributed by atoms with Gasteiger partial charge in [0.2, 0.25) is 0 Å². The number of nitriles is 1. The second kappa shape index (κ2) is 5.05. The third-order valence-electron chi connectivity index (χ3n) is 2.09. The molecule has 0 aliphatic heterocycles. The standard InChI is InChI=1S/C12H7Cl2N3/c13-9-2-4-12(16-7-9)17-11-3-1-8(6-15)5-10(11)14/h1-5,7H,(H,16,17). The zero-order chi connectivity index (χ0) is 12.3. The number of halogens is 2. The van der Waals surface area contributed by atoms with Crippen LogP contribution in [0.5, 0.6) is 0 Å². The highest BCUT2D eigenvalue weighted by atomic mass is 35.5. The van der Waals surface area contributed by atoms with E-state index in [9.17, 15) is 0 Å². The van der Waals surface area contributed by atoms with Crippen molar-refractivity contribution in [2.45, 2.75) is 0 Å². The Bertz CT molecular complexity index is 573. The Morgan fingerprint density at radius 1 is 1.18 bits per heavy atom. The second-order valence-electron chi connectivity index (χ2n) is 3.29. The summed E-state index contributed by atoms with van der Waals surface area (Å²) in [6, 6.07) is 10.5. The molecule has 0 fully saturated rings. The maximum atomic E-state index is 8.72. The van der Waals surface area contributed by atoms with Crippen molar-refractivity contribution in [2.75, 3.05) is 5.32 Å². The lowest BCUT2D eigenvalue weighted by Gasteiger charge is -2.07. The Hall–Kier alpha value is -1.76. The number of hydrogen-bond donors (Lipinski definition) is 1. The molecule has 0 unspecified atom stereocenters. The number of hydrogen-bond acceptors (Lipinski definition) is 3. The van der Waals surface area contributed by atoms with Crippen LogP contribution in [0.25, 0.3) is 0 Å². The molecule has 0 saturated carbocycles. The molecule has 1 heterocycles. The van der Waals surface area contributed by atoms with E-state index >= 15 is 0 Å². The SMILES string of the molecule is N#Cc1ccc(Nc2ccc(Cl)cn2)c(Cl)c1. The van der Waals surface area contributed by atoms with E-state index in [1.807, 2.05) is 6.07 Å². The van der Waals surface area contributed by atoms with Gasteiger partial charge >= 0.3 is 0 Å². The average molecular weight is 264 g/mol. The molecule has 0 aliphatic rings.